The van der Waals surface area contributed by atoms with Gasteiger partial charge in [0.2, 0.25) is 0 Å². The number of nitrogens with two attached hydrogens (primary N) is 1. The molecule has 2 fully saturated rings. The molecule has 2 aliphatic rings. The maximum atomic E-state index is 6.28. The molecule has 3 unspecified atom stereocenters. The summed E-state index contributed by atoms with van der Waals surface area (Å²) in [4.78, 5) is 0. The Morgan fingerprint density at radius 2 is 1.73 bits per heavy atom. The summed E-state index contributed by atoms with van der Waals surface area (Å²) in [5, 5.41) is 0. The summed E-state index contributed by atoms with van der Waals surface area (Å²) in [5.74, 6) is 3.04. The smallest absolute Gasteiger partial charge is 0.00726 e. The van der Waals surface area contributed by atoms with E-state index in [1.807, 2.05) is 0 Å². The molecule has 2 aliphatic carbocycles. The fourth-order valence-corrected chi connectivity index (χ4v) is 3.69. The van der Waals surface area contributed by atoms with Crippen molar-refractivity contribution in [2.45, 2.75) is 70.8 Å². The molecule has 2 saturated carbocycles. The van der Waals surface area contributed by atoms with Crippen molar-refractivity contribution >= 4 is 0 Å². The van der Waals surface area contributed by atoms with E-state index >= 15 is 0 Å². The average molecular weight is 209 g/mol. The fourth-order valence-electron chi connectivity index (χ4n) is 3.69. The predicted molar refractivity (Wildman–Crippen MR) is 65.7 cm³/mol. The lowest BCUT2D eigenvalue weighted by molar-refractivity contribution is 0.442. The van der Waals surface area contributed by atoms with Crippen LogP contribution in [0.4, 0.5) is 0 Å². The summed E-state index contributed by atoms with van der Waals surface area (Å²) in [6.07, 6.45) is 12.7. The number of hydrogen-bond acceptors (Lipinski definition) is 1. The van der Waals surface area contributed by atoms with E-state index in [-0.39, 0.29) is 0 Å². The SMILES string of the molecule is CCCCCCCC(N)C1C2CCCC21. The van der Waals surface area contributed by atoms with Gasteiger partial charge in [0.1, 0.15) is 0 Å². The first-order valence-electron chi connectivity index (χ1n) is 7.10. The van der Waals surface area contributed by atoms with Crippen molar-refractivity contribution in [3.63, 3.8) is 0 Å². The van der Waals surface area contributed by atoms with Crippen LogP contribution in [-0.2, 0) is 0 Å². The van der Waals surface area contributed by atoms with Crippen LogP contribution in [0.25, 0.3) is 0 Å². The minimum Gasteiger partial charge on any atom is -0.327 e. The van der Waals surface area contributed by atoms with Gasteiger partial charge in [-0.15, -0.1) is 0 Å². The molecule has 0 saturated heterocycles. The molecule has 0 heterocycles. The Morgan fingerprint density at radius 1 is 1.07 bits per heavy atom. The monoisotopic (exact) mass is 209 g/mol. The van der Waals surface area contributed by atoms with Crippen molar-refractivity contribution < 1.29 is 0 Å². The van der Waals surface area contributed by atoms with Gasteiger partial charge in [-0.1, -0.05) is 45.4 Å². The molecule has 0 bridgehead atoms. The molecule has 1 heteroatoms. The summed E-state index contributed by atoms with van der Waals surface area (Å²) in [6.45, 7) is 2.27. The third kappa shape index (κ3) is 2.75. The highest BCUT2D eigenvalue weighted by Crippen LogP contribution is 2.59. The molecule has 88 valence electrons. The maximum absolute atomic E-state index is 6.28. The molecular formula is C14H27N. The molecule has 0 amide bonds. The van der Waals surface area contributed by atoms with Gasteiger partial charge in [-0.25, -0.2) is 0 Å². The number of rotatable bonds is 7. The van der Waals surface area contributed by atoms with Gasteiger partial charge in [0.15, 0.2) is 0 Å². The van der Waals surface area contributed by atoms with Crippen LogP contribution < -0.4 is 5.73 Å². The largest absolute Gasteiger partial charge is 0.327 e. The standard InChI is InChI=1S/C14H27N/c1-2-3-4-5-6-10-13(15)14-11-8-7-9-12(11)14/h11-14H,2-10,15H2,1H3. The minimum absolute atomic E-state index is 0.543. The van der Waals surface area contributed by atoms with Crippen LogP contribution in [0.15, 0.2) is 0 Å². The zero-order valence-electron chi connectivity index (χ0n) is 10.3. The Hall–Kier alpha value is -0.0400. The van der Waals surface area contributed by atoms with Gasteiger partial charge in [0.25, 0.3) is 0 Å². The van der Waals surface area contributed by atoms with Crippen molar-refractivity contribution in [2.24, 2.45) is 23.5 Å². The second kappa shape index (κ2) is 5.34. The Kier molecular flexibility index (Phi) is 4.07. The van der Waals surface area contributed by atoms with E-state index in [0.717, 1.165) is 17.8 Å². The lowest BCUT2D eigenvalue weighted by atomic mass is 9.99. The summed E-state index contributed by atoms with van der Waals surface area (Å²) in [7, 11) is 0. The van der Waals surface area contributed by atoms with Crippen molar-refractivity contribution in [1.29, 1.82) is 0 Å². The molecule has 2 rings (SSSR count). The Labute approximate surface area is 94.8 Å². The van der Waals surface area contributed by atoms with Crippen LogP contribution in [0.5, 0.6) is 0 Å². The Bertz CT molecular complexity index is 180. The van der Waals surface area contributed by atoms with Crippen LogP contribution in [0.3, 0.4) is 0 Å². The van der Waals surface area contributed by atoms with Crippen LogP contribution in [0.2, 0.25) is 0 Å². The minimum atomic E-state index is 0.543. The van der Waals surface area contributed by atoms with E-state index in [1.165, 1.54) is 57.8 Å². The van der Waals surface area contributed by atoms with Crippen LogP contribution >= 0.6 is 0 Å². The summed E-state index contributed by atoms with van der Waals surface area (Å²) >= 11 is 0. The van der Waals surface area contributed by atoms with Crippen molar-refractivity contribution in [3.8, 4) is 0 Å². The number of fused-ring (bicyclic) bond motifs is 1. The molecule has 0 radical (unpaired) electrons. The second-order valence-corrected chi connectivity index (χ2v) is 5.70. The zero-order valence-corrected chi connectivity index (χ0v) is 10.3. The predicted octanol–water partition coefficient (Wildman–Crippen LogP) is 3.72. The lowest BCUT2D eigenvalue weighted by Gasteiger charge is -2.13. The van der Waals surface area contributed by atoms with Gasteiger partial charge in [0.05, 0.1) is 0 Å². The summed E-state index contributed by atoms with van der Waals surface area (Å²) in [5.41, 5.74) is 6.28. The molecule has 0 spiro atoms. The van der Waals surface area contributed by atoms with Crippen LogP contribution in [0.1, 0.15) is 64.7 Å². The Balaban J connectivity index is 1.52. The quantitative estimate of drug-likeness (QED) is 0.635. The van der Waals surface area contributed by atoms with E-state index in [0.29, 0.717) is 6.04 Å². The fraction of sp³-hybridized carbons (Fsp3) is 1.00. The maximum Gasteiger partial charge on any atom is 0.00726 e. The first kappa shape index (κ1) is 11.4. The molecule has 3 atom stereocenters. The van der Waals surface area contributed by atoms with Crippen molar-refractivity contribution in [1.82, 2.24) is 0 Å². The Morgan fingerprint density at radius 3 is 2.40 bits per heavy atom. The molecule has 0 aromatic carbocycles. The third-order valence-electron chi connectivity index (χ3n) is 4.61. The van der Waals surface area contributed by atoms with Gasteiger partial charge in [-0.3, -0.25) is 0 Å². The number of unbranched alkanes of at least 4 members (excludes halogenated alkanes) is 4. The highest BCUT2D eigenvalue weighted by atomic mass is 14.7. The van der Waals surface area contributed by atoms with E-state index in [1.54, 1.807) is 0 Å². The first-order chi connectivity index (χ1) is 7.34. The molecular weight excluding hydrogens is 182 g/mol. The van der Waals surface area contributed by atoms with Crippen LogP contribution in [-0.4, -0.2) is 6.04 Å². The van der Waals surface area contributed by atoms with E-state index in [2.05, 4.69) is 6.92 Å². The van der Waals surface area contributed by atoms with E-state index < -0.39 is 0 Å². The molecule has 15 heavy (non-hydrogen) atoms. The van der Waals surface area contributed by atoms with Crippen molar-refractivity contribution in [3.05, 3.63) is 0 Å². The highest BCUT2D eigenvalue weighted by Gasteiger charge is 2.54. The lowest BCUT2D eigenvalue weighted by Crippen LogP contribution is -2.24. The van der Waals surface area contributed by atoms with Crippen molar-refractivity contribution in [2.75, 3.05) is 0 Å². The molecule has 0 aliphatic heterocycles. The highest BCUT2D eigenvalue weighted by molar-refractivity contribution is 5.05. The summed E-state index contributed by atoms with van der Waals surface area (Å²) < 4.78 is 0. The van der Waals surface area contributed by atoms with Gasteiger partial charge < -0.3 is 5.73 Å². The van der Waals surface area contributed by atoms with Gasteiger partial charge >= 0.3 is 0 Å². The topological polar surface area (TPSA) is 26.0 Å². The average Bonchev–Trinajstić information content (AvgIpc) is 2.72. The molecule has 0 aromatic rings. The molecule has 1 nitrogen and oxygen atoms in total. The van der Waals surface area contributed by atoms with Gasteiger partial charge in [-0.05, 0) is 37.0 Å². The third-order valence-corrected chi connectivity index (χ3v) is 4.61. The van der Waals surface area contributed by atoms with Crippen LogP contribution in [0, 0.1) is 17.8 Å². The zero-order chi connectivity index (χ0) is 10.7. The summed E-state index contributed by atoms with van der Waals surface area (Å²) in [6, 6.07) is 0.543. The molecule has 2 N–H and O–H groups in total. The van der Waals surface area contributed by atoms with Gasteiger partial charge in [-0.2, -0.15) is 0 Å². The van der Waals surface area contributed by atoms with E-state index in [9.17, 15) is 0 Å². The number of hydrogen-bond donors (Lipinski definition) is 1. The second-order valence-electron chi connectivity index (χ2n) is 5.70. The van der Waals surface area contributed by atoms with E-state index in [4.69, 9.17) is 5.73 Å². The normalized spacial score (nSPS) is 35.2. The van der Waals surface area contributed by atoms with Gasteiger partial charge in [0, 0.05) is 6.04 Å². The first-order valence-corrected chi connectivity index (χ1v) is 7.10. The molecule has 0 aromatic heterocycles.